The summed E-state index contributed by atoms with van der Waals surface area (Å²) < 4.78 is 15.3. The van der Waals surface area contributed by atoms with Crippen LogP contribution in [-0.2, 0) is 4.74 Å². The summed E-state index contributed by atoms with van der Waals surface area (Å²) in [5, 5.41) is 7.10. The molecule has 1 aromatic rings. The maximum atomic E-state index is 5.20. The van der Waals surface area contributed by atoms with Crippen molar-refractivity contribution in [2.24, 2.45) is 0 Å². The number of hydrogen-bond acceptors (Lipinski definition) is 5. The van der Waals surface area contributed by atoms with Crippen molar-refractivity contribution < 1.29 is 14.0 Å². The van der Waals surface area contributed by atoms with Crippen molar-refractivity contribution in [3.8, 4) is 5.88 Å². The van der Waals surface area contributed by atoms with Crippen molar-refractivity contribution in [3.63, 3.8) is 0 Å². The van der Waals surface area contributed by atoms with Gasteiger partial charge in [-0.1, -0.05) is 13.0 Å². The Morgan fingerprint density at radius 2 is 2.35 bits per heavy atom. The van der Waals surface area contributed by atoms with Gasteiger partial charge in [0.05, 0.1) is 25.5 Å². The predicted molar refractivity (Wildman–Crippen MR) is 65.8 cm³/mol. The van der Waals surface area contributed by atoms with Crippen LogP contribution in [0.25, 0.3) is 5.70 Å². The first-order valence-corrected chi connectivity index (χ1v) is 5.68. The van der Waals surface area contributed by atoms with E-state index in [1.54, 1.807) is 20.3 Å². The van der Waals surface area contributed by atoms with E-state index in [1.807, 2.05) is 13.0 Å². The summed E-state index contributed by atoms with van der Waals surface area (Å²) in [5.74, 6) is 1.15. The Hall–Kier alpha value is -1.49. The average molecular weight is 240 g/mol. The molecule has 1 N–H and O–H groups in total. The highest BCUT2D eigenvalue weighted by Gasteiger charge is 2.11. The van der Waals surface area contributed by atoms with Crippen LogP contribution in [0.2, 0.25) is 0 Å². The molecule has 0 aliphatic rings. The van der Waals surface area contributed by atoms with Gasteiger partial charge in [0.25, 0.3) is 5.88 Å². The Labute approximate surface area is 102 Å². The number of ether oxygens (including phenoxy) is 2. The summed E-state index contributed by atoms with van der Waals surface area (Å²) in [6.45, 7) is 4.74. The maximum Gasteiger partial charge on any atom is 0.254 e. The van der Waals surface area contributed by atoms with Crippen LogP contribution in [0.15, 0.2) is 16.7 Å². The van der Waals surface area contributed by atoms with Crippen molar-refractivity contribution in [2.45, 2.75) is 26.3 Å². The zero-order chi connectivity index (χ0) is 12.7. The lowest BCUT2D eigenvalue weighted by Gasteiger charge is -2.15. The molecule has 0 bridgehead atoms. The van der Waals surface area contributed by atoms with E-state index in [-0.39, 0.29) is 6.04 Å². The van der Waals surface area contributed by atoms with Gasteiger partial charge in [-0.15, -0.1) is 0 Å². The smallest absolute Gasteiger partial charge is 0.254 e. The summed E-state index contributed by atoms with van der Waals surface area (Å²) in [5.41, 5.74) is 0.910. The second-order valence-corrected chi connectivity index (χ2v) is 3.76. The van der Waals surface area contributed by atoms with E-state index in [4.69, 9.17) is 14.0 Å². The van der Waals surface area contributed by atoms with Crippen LogP contribution in [0.3, 0.4) is 0 Å². The van der Waals surface area contributed by atoms with Crippen LogP contribution in [0.5, 0.6) is 5.88 Å². The molecule has 0 aromatic carbocycles. The fourth-order valence-corrected chi connectivity index (χ4v) is 1.47. The van der Waals surface area contributed by atoms with Crippen LogP contribution < -0.4 is 10.1 Å². The third kappa shape index (κ3) is 4.11. The topological polar surface area (TPSA) is 56.5 Å². The van der Waals surface area contributed by atoms with Crippen LogP contribution in [0.1, 0.15) is 26.0 Å². The van der Waals surface area contributed by atoms with Crippen LogP contribution >= 0.6 is 0 Å². The molecule has 17 heavy (non-hydrogen) atoms. The van der Waals surface area contributed by atoms with Crippen LogP contribution in [0.4, 0.5) is 0 Å². The summed E-state index contributed by atoms with van der Waals surface area (Å²) in [6, 6.07) is 1.96. The van der Waals surface area contributed by atoms with E-state index in [0.717, 1.165) is 12.1 Å². The molecule has 1 aromatic heterocycles. The lowest BCUT2D eigenvalue weighted by atomic mass is 10.2. The van der Waals surface area contributed by atoms with Gasteiger partial charge in [0.2, 0.25) is 0 Å². The standard InChI is InChI=1S/C12H20N2O3/c1-5-6-10(13-9(2)8-15-3)11-7-12(16-4)14-17-11/h6-7,9,13H,5,8H2,1-4H3/b10-6+/t9-/m1/s1. The van der Waals surface area contributed by atoms with Crippen molar-refractivity contribution in [1.82, 2.24) is 10.5 Å². The number of nitrogens with one attached hydrogen (secondary N) is 1. The van der Waals surface area contributed by atoms with Gasteiger partial charge < -0.3 is 19.3 Å². The van der Waals surface area contributed by atoms with Gasteiger partial charge >= 0.3 is 0 Å². The zero-order valence-corrected chi connectivity index (χ0v) is 10.8. The second-order valence-electron chi connectivity index (χ2n) is 3.76. The maximum absolute atomic E-state index is 5.20. The molecule has 5 nitrogen and oxygen atoms in total. The Morgan fingerprint density at radius 3 is 2.88 bits per heavy atom. The van der Waals surface area contributed by atoms with Gasteiger partial charge in [-0.05, 0) is 18.5 Å². The van der Waals surface area contributed by atoms with Gasteiger partial charge in [0, 0.05) is 13.2 Å². The number of nitrogens with zero attached hydrogens (tertiary/aromatic N) is 1. The predicted octanol–water partition coefficient (Wildman–Crippen LogP) is 2.06. The van der Waals surface area contributed by atoms with Crippen molar-refractivity contribution in [1.29, 1.82) is 0 Å². The first kappa shape index (κ1) is 13.6. The molecular formula is C12H20N2O3. The fourth-order valence-electron chi connectivity index (χ4n) is 1.47. The normalized spacial score (nSPS) is 13.5. The second kappa shape index (κ2) is 6.96. The highest BCUT2D eigenvalue weighted by atomic mass is 16.5. The number of hydrogen-bond donors (Lipinski definition) is 1. The van der Waals surface area contributed by atoms with Crippen LogP contribution in [0, 0.1) is 0 Å². The Bertz CT molecular complexity index is 360. The first-order chi connectivity index (χ1) is 8.21. The molecule has 0 saturated carbocycles. The number of methoxy groups -OCH3 is 2. The van der Waals surface area contributed by atoms with E-state index < -0.39 is 0 Å². The number of rotatable bonds is 7. The molecule has 0 fully saturated rings. The fraction of sp³-hybridized carbons (Fsp3) is 0.583. The van der Waals surface area contributed by atoms with Crippen molar-refractivity contribution in [3.05, 3.63) is 17.9 Å². The minimum absolute atomic E-state index is 0.203. The third-order valence-electron chi connectivity index (χ3n) is 2.19. The summed E-state index contributed by atoms with van der Waals surface area (Å²) in [6.07, 6.45) is 2.96. The third-order valence-corrected chi connectivity index (χ3v) is 2.19. The van der Waals surface area contributed by atoms with Crippen molar-refractivity contribution >= 4 is 5.70 Å². The Balaban J connectivity index is 2.75. The minimum Gasteiger partial charge on any atom is -0.479 e. The SMILES string of the molecule is CC/C=C(/N[C@H](C)COC)c1cc(OC)no1. The molecule has 0 radical (unpaired) electrons. The summed E-state index contributed by atoms with van der Waals surface area (Å²) in [7, 11) is 3.24. The summed E-state index contributed by atoms with van der Waals surface area (Å²) >= 11 is 0. The first-order valence-electron chi connectivity index (χ1n) is 5.68. The van der Waals surface area contributed by atoms with E-state index in [0.29, 0.717) is 18.2 Å². The molecule has 1 rings (SSSR count). The number of aromatic nitrogens is 1. The lowest BCUT2D eigenvalue weighted by Crippen LogP contribution is -2.28. The minimum atomic E-state index is 0.203. The molecule has 0 saturated heterocycles. The van der Waals surface area contributed by atoms with Gasteiger partial charge in [-0.25, -0.2) is 0 Å². The van der Waals surface area contributed by atoms with Gasteiger partial charge in [-0.3, -0.25) is 0 Å². The quantitative estimate of drug-likeness (QED) is 0.790. The number of allylic oxidation sites excluding steroid dienone is 1. The van der Waals surface area contributed by atoms with Gasteiger partial charge in [-0.2, -0.15) is 0 Å². The van der Waals surface area contributed by atoms with Crippen molar-refractivity contribution in [2.75, 3.05) is 20.8 Å². The molecule has 0 aliphatic heterocycles. The summed E-state index contributed by atoms with van der Waals surface area (Å²) in [4.78, 5) is 0. The molecule has 0 aliphatic carbocycles. The molecule has 5 heteroatoms. The molecule has 1 atom stereocenters. The Morgan fingerprint density at radius 1 is 1.59 bits per heavy atom. The lowest BCUT2D eigenvalue weighted by molar-refractivity contribution is 0.178. The van der Waals surface area contributed by atoms with E-state index in [2.05, 4.69) is 17.4 Å². The average Bonchev–Trinajstić information content (AvgIpc) is 2.77. The molecule has 1 heterocycles. The molecule has 0 amide bonds. The van der Waals surface area contributed by atoms with Gasteiger partial charge in [0.15, 0.2) is 5.76 Å². The molecule has 0 spiro atoms. The largest absolute Gasteiger partial charge is 0.479 e. The van der Waals surface area contributed by atoms with Crippen LogP contribution in [-0.4, -0.2) is 32.0 Å². The molecular weight excluding hydrogens is 220 g/mol. The highest BCUT2D eigenvalue weighted by molar-refractivity contribution is 5.60. The molecule has 0 unspecified atom stereocenters. The highest BCUT2D eigenvalue weighted by Crippen LogP contribution is 2.18. The van der Waals surface area contributed by atoms with Gasteiger partial charge in [0.1, 0.15) is 0 Å². The van der Waals surface area contributed by atoms with E-state index in [1.165, 1.54) is 0 Å². The zero-order valence-electron chi connectivity index (χ0n) is 10.8. The molecule has 96 valence electrons. The monoisotopic (exact) mass is 240 g/mol. The van der Waals surface area contributed by atoms with E-state index >= 15 is 0 Å². The van der Waals surface area contributed by atoms with E-state index in [9.17, 15) is 0 Å². The Kier molecular flexibility index (Phi) is 5.56.